The Hall–Kier alpha value is -2.22. The number of phenols is 1. The van der Waals surface area contributed by atoms with Gasteiger partial charge in [0.2, 0.25) is 0 Å². The highest BCUT2D eigenvalue weighted by molar-refractivity contribution is 7.99. The Morgan fingerprint density at radius 3 is 1.96 bits per heavy atom. The van der Waals surface area contributed by atoms with Gasteiger partial charge in [-0.05, 0) is 17.7 Å². The van der Waals surface area contributed by atoms with E-state index in [0.29, 0.717) is 5.75 Å². The molecule has 8 heteroatoms. The Morgan fingerprint density at radius 1 is 0.920 bits per heavy atom. The van der Waals surface area contributed by atoms with Crippen LogP contribution >= 0.6 is 11.8 Å². The molecule has 0 aliphatic carbocycles. The number of aromatic hydroxyl groups is 1. The lowest BCUT2D eigenvalue weighted by molar-refractivity contribution is -0.182. The largest absolute Gasteiger partial charge is 0.508 e. The van der Waals surface area contributed by atoms with E-state index in [1.54, 1.807) is 12.1 Å². The number of rotatable bonds is 4. The van der Waals surface area contributed by atoms with E-state index in [9.17, 15) is 19.5 Å². The number of benzene rings is 1. The first-order chi connectivity index (χ1) is 11.8. The SMILES string of the molecule is CC(=O)O[C@@H]1[C@@H](OC(C)=O)[C@H](OC(C)=O)CS[C@@H]1c1ccc(O)cc1. The summed E-state index contributed by atoms with van der Waals surface area (Å²) in [4.78, 5) is 34.5. The molecule has 7 nitrogen and oxygen atoms in total. The van der Waals surface area contributed by atoms with Gasteiger partial charge in [-0.1, -0.05) is 12.1 Å². The third-order valence-electron chi connectivity index (χ3n) is 3.57. The summed E-state index contributed by atoms with van der Waals surface area (Å²) in [5.74, 6) is -1.11. The lowest BCUT2D eigenvalue weighted by atomic mass is 9.98. The molecule has 0 radical (unpaired) electrons. The van der Waals surface area contributed by atoms with Gasteiger partial charge >= 0.3 is 17.9 Å². The number of phenolic OH excluding ortho intramolecular Hbond substituents is 1. The molecule has 0 amide bonds. The molecule has 1 aromatic carbocycles. The summed E-state index contributed by atoms with van der Waals surface area (Å²) in [6.45, 7) is 3.77. The highest BCUT2D eigenvalue weighted by Crippen LogP contribution is 2.43. The normalized spacial score (nSPS) is 25.7. The Labute approximate surface area is 149 Å². The van der Waals surface area contributed by atoms with E-state index in [0.717, 1.165) is 5.56 Å². The number of esters is 3. The monoisotopic (exact) mass is 368 g/mol. The van der Waals surface area contributed by atoms with Crippen LogP contribution < -0.4 is 0 Å². The fraction of sp³-hybridized carbons (Fsp3) is 0.471. The van der Waals surface area contributed by atoms with E-state index in [-0.39, 0.29) is 11.0 Å². The first-order valence-corrected chi connectivity index (χ1v) is 8.75. The summed E-state index contributed by atoms with van der Waals surface area (Å²) < 4.78 is 16.0. The molecule has 0 aromatic heterocycles. The van der Waals surface area contributed by atoms with Crippen molar-refractivity contribution >= 4 is 29.7 Å². The number of thioether (sulfide) groups is 1. The van der Waals surface area contributed by atoms with E-state index in [1.807, 2.05) is 0 Å². The zero-order valence-corrected chi connectivity index (χ0v) is 14.9. The van der Waals surface area contributed by atoms with Crippen LogP contribution in [0.2, 0.25) is 0 Å². The third kappa shape index (κ3) is 5.12. The van der Waals surface area contributed by atoms with Gasteiger partial charge in [0.05, 0.1) is 5.25 Å². The highest BCUT2D eigenvalue weighted by atomic mass is 32.2. The van der Waals surface area contributed by atoms with Crippen LogP contribution in [0.5, 0.6) is 5.75 Å². The van der Waals surface area contributed by atoms with Crippen LogP contribution in [0, 0.1) is 0 Å². The predicted molar refractivity (Wildman–Crippen MR) is 90.0 cm³/mol. The second-order valence-electron chi connectivity index (χ2n) is 5.64. The van der Waals surface area contributed by atoms with Crippen molar-refractivity contribution in [1.82, 2.24) is 0 Å². The molecule has 25 heavy (non-hydrogen) atoms. The van der Waals surface area contributed by atoms with E-state index in [4.69, 9.17) is 14.2 Å². The molecule has 1 heterocycles. The Kier molecular flexibility index (Phi) is 6.30. The fourth-order valence-corrected chi connectivity index (χ4v) is 4.10. The van der Waals surface area contributed by atoms with Gasteiger partial charge in [0.1, 0.15) is 5.75 Å². The van der Waals surface area contributed by atoms with Crippen LogP contribution in [0.3, 0.4) is 0 Å². The maximum Gasteiger partial charge on any atom is 0.303 e. The molecule has 0 unspecified atom stereocenters. The zero-order chi connectivity index (χ0) is 18.6. The molecular weight excluding hydrogens is 348 g/mol. The topological polar surface area (TPSA) is 99.1 Å². The quantitative estimate of drug-likeness (QED) is 0.636. The number of carbonyl (C=O) groups is 3. The van der Waals surface area contributed by atoms with Gasteiger partial charge in [-0.25, -0.2) is 0 Å². The van der Waals surface area contributed by atoms with Gasteiger partial charge < -0.3 is 19.3 Å². The van der Waals surface area contributed by atoms with Crippen molar-refractivity contribution < 1.29 is 33.7 Å². The molecule has 1 fully saturated rings. The van der Waals surface area contributed by atoms with Gasteiger partial charge in [0.25, 0.3) is 0 Å². The first-order valence-electron chi connectivity index (χ1n) is 7.70. The summed E-state index contributed by atoms with van der Waals surface area (Å²) in [7, 11) is 0. The smallest absolute Gasteiger partial charge is 0.303 e. The second-order valence-corrected chi connectivity index (χ2v) is 6.82. The molecule has 0 spiro atoms. The lowest BCUT2D eigenvalue weighted by Crippen LogP contribution is -2.51. The average molecular weight is 368 g/mol. The number of hydrogen-bond donors (Lipinski definition) is 1. The summed E-state index contributed by atoms with van der Waals surface area (Å²) in [6.07, 6.45) is -2.46. The minimum atomic E-state index is -0.912. The summed E-state index contributed by atoms with van der Waals surface area (Å²) in [6, 6.07) is 6.47. The molecule has 1 aromatic rings. The minimum absolute atomic E-state index is 0.114. The van der Waals surface area contributed by atoms with Crippen molar-refractivity contribution in [3.8, 4) is 5.75 Å². The maximum atomic E-state index is 11.6. The maximum absolute atomic E-state index is 11.6. The molecule has 0 saturated carbocycles. The highest BCUT2D eigenvalue weighted by Gasteiger charge is 2.46. The molecule has 0 bridgehead atoms. The minimum Gasteiger partial charge on any atom is -0.508 e. The second kappa shape index (κ2) is 8.24. The van der Waals surface area contributed by atoms with Crippen LogP contribution in [-0.4, -0.2) is 47.1 Å². The van der Waals surface area contributed by atoms with E-state index < -0.39 is 36.2 Å². The van der Waals surface area contributed by atoms with Crippen LogP contribution in [0.15, 0.2) is 24.3 Å². The van der Waals surface area contributed by atoms with Crippen LogP contribution in [0.4, 0.5) is 0 Å². The van der Waals surface area contributed by atoms with E-state index >= 15 is 0 Å². The molecular formula is C17H20O7S. The van der Waals surface area contributed by atoms with Crippen LogP contribution in [-0.2, 0) is 28.6 Å². The summed E-state index contributed by atoms with van der Waals surface area (Å²) in [5, 5.41) is 9.13. The summed E-state index contributed by atoms with van der Waals surface area (Å²) >= 11 is 1.43. The van der Waals surface area contributed by atoms with Gasteiger partial charge in [0, 0.05) is 26.5 Å². The van der Waals surface area contributed by atoms with Gasteiger partial charge in [-0.2, -0.15) is 0 Å². The molecule has 1 saturated heterocycles. The predicted octanol–water partition coefficient (Wildman–Crippen LogP) is 1.98. The third-order valence-corrected chi connectivity index (χ3v) is 4.99. The first kappa shape index (κ1) is 19.1. The Bertz CT molecular complexity index is 643. The van der Waals surface area contributed by atoms with Gasteiger partial charge in [0.15, 0.2) is 18.3 Å². The van der Waals surface area contributed by atoms with Crippen molar-refractivity contribution in [3.05, 3.63) is 29.8 Å². The number of carbonyl (C=O) groups excluding carboxylic acids is 3. The van der Waals surface area contributed by atoms with E-state index in [1.165, 1.54) is 44.7 Å². The molecule has 4 atom stereocenters. The van der Waals surface area contributed by atoms with E-state index in [2.05, 4.69) is 0 Å². The van der Waals surface area contributed by atoms with Gasteiger partial charge in [-0.3, -0.25) is 14.4 Å². The molecule has 1 N–H and O–H groups in total. The Morgan fingerprint density at radius 2 is 1.44 bits per heavy atom. The standard InChI is InChI=1S/C17H20O7S/c1-9(18)22-14-8-25-17(12-4-6-13(21)7-5-12)16(24-11(3)20)15(14)23-10(2)19/h4-7,14-17,21H,8H2,1-3H3/t14-,15+,16-,17-/m1/s1. The molecule has 2 rings (SSSR count). The fourth-order valence-electron chi connectivity index (χ4n) is 2.69. The molecule has 136 valence electrons. The van der Waals surface area contributed by atoms with Crippen LogP contribution in [0.25, 0.3) is 0 Å². The zero-order valence-electron chi connectivity index (χ0n) is 14.1. The Balaban J connectivity index is 2.36. The van der Waals surface area contributed by atoms with Crippen molar-refractivity contribution in [2.24, 2.45) is 0 Å². The molecule has 1 aliphatic rings. The number of hydrogen-bond acceptors (Lipinski definition) is 8. The van der Waals surface area contributed by atoms with Crippen molar-refractivity contribution in [2.45, 2.75) is 44.3 Å². The number of ether oxygens (including phenoxy) is 3. The van der Waals surface area contributed by atoms with Crippen LogP contribution in [0.1, 0.15) is 31.6 Å². The van der Waals surface area contributed by atoms with Crippen molar-refractivity contribution in [1.29, 1.82) is 0 Å². The van der Waals surface area contributed by atoms with Crippen molar-refractivity contribution in [3.63, 3.8) is 0 Å². The van der Waals surface area contributed by atoms with Crippen molar-refractivity contribution in [2.75, 3.05) is 5.75 Å². The molecule has 1 aliphatic heterocycles. The summed E-state index contributed by atoms with van der Waals surface area (Å²) in [5.41, 5.74) is 0.799. The van der Waals surface area contributed by atoms with Gasteiger partial charge in [-0.15, -0.1) is 11.8 Å². The average Bonchev–Trinajstić information content (AvgIpc) is 2.50. The lowest BCUT2D eigenvalue weighted by Gasteiger charge is -2.40.